The average Bonchev–Trinajstić information content (AvgIpc) is 3.11. The molecule has 1 saturated carbocycles. The van der Waals surface area contributed by atoms with E-state index >= 15 is 0 Å². The summed E-state index contributed by atoms with van der Waals surface area (Å²) in [6, 6.07) is 5.71. The summed E-state index contributed by atoms with van der Waals surface area (Å²) in [5.41, 5.74) is 9.41. The van der Waals surface area contributed by atoms with Gasteiger partial charge in [0.25, 0.3) is 0 Å². The molecule has 0 aromatic heterocycles. The van der Waals surface area contributed by atoms with Gasteiger partial charge in [-0.05, 0) is 37.5 Å². The van der Waals surface area contributed by atoms with Crippen LogP contribution in [0.2, 0.25) is 0 Å². The zero-order valence-electron chi connectivity index (χ0n) is 9.17. The highest BCUT2D eigenvalue weighted by atomic mass is 15.0. The standard InChI is InChI=1S/C13H13N3/c1-9-2-3-11(7-6-10-4-5-10)8-12(9)13(14)16-15/h2-3,8,10,14-15H,4-5H2,1H3. The van der Waals surface area contributed by atoms with Gasteiger partial charge in [-0.2, -0.15) is 0 Å². The second-order valence-corrected chi connectivity index (χ2v) is 4.03. The molecule has 1 aliphatic rings. The normalized spacial score (nSPS) is 13.8. The van der Waals surface area contributed by atoms with Crippen molar-refractivity contribution in [1.82, 2.24) is 0 Å². The molecule has 0 unspecified atom stereocenters. The lowest BCUT2D eigenvalue weighted by molar-refractivity contribution is 1.16. The third kappa shape index (κ3) is 2.34. The molecule has 1 aromatic carbocycles. The maximum atomic E-state index is 7.54. The van der Waals surface area contributed by atoms with Gasteiger partial charge < -0.3 is 0 Å². The highest BCUT2D eigenvalue weighted by Crippen LogP contribution is 2.27. The highest BCUT2D eigenvalue weighted by molar-refractivity contribution is 5.98. The van der Waals surface area contributed by atoms with Crippen LogP contribution in [-0.4, -0.2) is 5.84 Å². The van der Waals surface area contributed by atoms with Crippen LogP contribution in [0.25, 0.3) is 0 Å². The number of rotatable bonds is 1. The number of amidine groups is 1. The molecule has 0 bridgehead atoms. The van der Waals surface area contributed by atoms with E-state index in [2.05, 4.69) is 17.0 Å². The molecule has 2 rings (SSSR count). The first-order valence-corrected chi connectivity index (χ1v) is 5.29. The Kier molecular flexibility index (Phi) is 2.82. The van der Waals surface area contributed by atoms with Crippen molar-refractivity contribution in [3.05, 3.63) is 34.9 Å². The van der Waals surface area contributed by atoms with Crippen molar-refractivity contribution >= 4 is 5.84 Å². The smallest absolute Gasteiger partial charge is 0.173 e. The minimum Gasteiger partial charge on any atom is -0.281 e. The maximum absolute atomic E-state index is 7.54. The molecular formula is C13H13N3. The molecule has 1 aromatic rings. The number of aryl methyl sites for hydroxylation is 1. The summed E-state index contributed by atoms with van der Waals surface area (Å²) in [7, 11) is 0. The third-order valence-electron chi connectivity index (χ3n) is 2.60. The predicted octanol–water partition coefficient (Wildman–Crippen LogP) is 3.11. The SMILES string of the molecule is Cc1ccc(C#CC2CC2)cc1C(=N)N=N. The summed E-state index contributed by atoms with van der Waals surface area (Å²) in [6.07, 6.45) is 2.42. The summed E-state index contributed by atoms with van der Waals surface area (Å²) in [4.78, 5) is 0. The fourth-order valence-corrected chi connectivity index (χ4v) is 1.43. The van der Waals surface area contributed by atoms with Crippen LogP contribution in [0.3, 0.4) is 0 Å². The van der Waals surface area contributed by atoms with Crippen LogP contribution in [0.1, 0.15) is 29.5 Å². The van der Waals surface area contributed by atoms with Crippen molar-refractivity contribution < 1.29 is 0 Å². The van der Waals surface area contributed by atoms with E-state index in [4.69, 9.17) is 10.9 Å². The number of nitrogens with zero attached hydrogens (tertiary/aromatic N) is 1. The molecule has 16 heavy (non-hydrogen) atoms. The summed E-state index contributed by atoms with van der Waals surface area (Å²) < 4.78 is 0. The fourth-order valence-electron chi connectivity index (χ4n) is 1.43. The Bertz CT molecular complexity index is 502. The van der Waals surface area contributed by atoms with Crippen molar-refractivity contribution in [3.63, 3.8) is 0 Å². The van der Waals surface area contributed by atoms with Crippen LogP contribution in [0.5, 0.6) is 0 Å². The Morgan fingerprint density at radius 2 is 2.19 bits per heavy atom. The lowest BCUT2D eigenvalue weighted by Gasteiger charge is -2.02. The Morgan fingerprint density at radius 1 is 1.44 bits per heavy atom. The van der Waals surface area contributed by atoms with Gasteiger partial charge in [-0.15, -0.1) is 5.11 Å². The van der Waals surface area contributed by atoms with Gasteiger partial charge in [0.1, 0.15) is 0 Å². The fraction of sp³-hybridized carbons (Fsp3) is 0.308. The number of benzene rings is 1. The van der Waals surface area contributed by atoms with Gasteiger partial charge in [0.15, 0.2) is 5.84 Å². The van der Waals surface area contributed by atoms with Gasteiger partial charge in [0, 0.05) is 17.0 Å². The number of hydrogen-bond donors (Lipinski definition) is 2. The van der Waals surface area contributed by atoms with E-state index in [0.29, 0.717) is 11.5 Å². The Balaban J connectivity index is 2.31. The lowest BCUT2D eigenvalue weighted by Crippen LogP contribution is -1.97. The van der Waals surface area contributed by atoms with Crippen LogP contribution in [0, 0.1) is 35.6 Å². The van der Waals surface area contributed by atoms with Crippen LogP contribution < -0.4 is 0 Å². The molecule has 80 valence electrons. The molecule has 3 heteroatoms. The van der Waals surface area contributed by atoms with Gasteiger partial charge >= 0.3 is 0 Å². The van der Waals surface area contributed by atoms with Crippen LogP contribution in [0.4, 0.5) is 0 Å². The topological polar surface area (TPSA) is 60.1 Å². The highest BCUT2D eigenvalue weighted by Gasteiger charge is 2.17. The van der Waals surface area contributed by atoms with E-state index in [1.807, 2.05) is 25.1 Å². The molecule has 0 aliphatic heterocycles. The van der Waals surface area contributed by atoms with Crippen molar-refractivity contribution in [2.75, 3.05) is 0 Å². The predicted molar refractivity (Wildman–Crippen MR) is 62.8 cm³/mol. The van der Waals surface area contributed by atoms with E-state index < -0.39 is 0 Å². The van der Waals surface area contributed by atoms with Gasteiger partial charge in [0.05, 0.1) is 0 Å². The molecule has 3 nitrogen and oxygen atoms in total. The van der Waals surface area contributed by atoms with Gasteiger partial charge in [-0.1, -0.05) is 17.9 Å². The molecule has 0 spiro atoms. The maximum Gasteiger partial charge on any atom is 0.173 e. The largest absolute Gasteiger partial charge is 0.281 e. The van der Waals surface area contributed by atoms with Gasteiger partial charge in [-0.25, -0.2) is 5.53 Å². The second-order valence-electron chi connectivity index (χ2n) is 4.03. The second kappa shape index (κ2) is 4.28. The molecule has 0 amide bonds. The third-order valence-corrected chi connectivity index (χ3v) is 2.60. The first-order valence-electron chi connectivity index (χ1n) is 5.29. The first kappa shape index (κ1) is 10.6. The van der Waals surface area contributed by atoms with Crippen LogP contribution in [0.15, 0.2) is 23.3 Å². The average molecular weight is 211 g/mol. The summed E-state index contributed by atoms with van der Waals surface area (Å²) in [5, 5.41) is 10.7. The molecular weight excluding hydrogens is 198 g/mol. The van der Waals surface area contributed by atoms with E-state index in [1.54, 1.807) is 0 Å². The van der Waals surface area contributed by atoms with Crippen molar-refractivity contribution in [1.29, 1.82) is 10.9 Å². The first-order chi connectivity index (χ1) is 7.70. The molecule has 0 heterocycles. The van der Waals surface area contributed by atoms with Gasteiger partial charge in [0.2, 0.25) is 0 Å². The number of hydrogen-bond acceptors (Lipinski definition) is 2. The molecule has 1 aliphatic carbocycles. The van der Waals surface area contributed by atoms with Crippen molar-refractivity contribution in [3.8, 4) is 11.8 Å². The van der Waals surface area contributed by atoms with E-state index in [0.717, 1.165) is 11.1 Å². The van der Waals surface area contributed by atoms with Gasteiger partial charge in [-0.3, -0.25) is 5.41 Å². The molecule has 1 fully saturated rings. The molecule has 0 radical (unpaired) electrons. The Hall–Kier alpha value is -1.95. The monoisotopic (exact) mass is 211 g/mol. The Labute approximate surface area is 94.9 Å². The summed E-state index contributed by atoms with van der Waals surface area (Å²) in [5.74, 6) is 6.85. The van der Waals surface area contributed by atoms with Crippen molar-refractivity contribution in [2.24, 2.45) is 11.0 Å². The van der Waals surface area contributed by atoms with Crippen molar-refractivity contribution in [2.45, 2.75) is 19.8 Å². The minimum absolute atomic E-state index is 0.00688. The summed E-state index contributed by atoms with van der Waals surface area (Å²) in [6.45, 7) is 1.91. The van der Waals surface area contributed by atoms with E-state index in [1.165, 1.54) is 12.8 Å². The number of nitrogens with one attached hydrogen (secondary N) is 2. The Morgan fingerprint density at radius 3 is 2.81 bits per heavy atom. The minimum atomic E-state index is -0.00688. The molecule has 2 N–H and O–H groups in total. The zero-order chi connectivity index (χ0) is 11.5. The molecule has 0 saturated heterocycles. The van der Waals surface area contributed by atoms with Crippen LogP contribution in [-0.2, 0) is 0 Å². The van der Waals surface area contributed by atoms with E-state index in [-0.39, 0.29) is 5.84 Å². The summed E-state index contributed by atoms with van der Waals surface area (Å²) >= 11 is 0. The lowest BCUT2D eigenvalue weighted by atomic mass is 10.0. The van der Waals surface area contributed by atoms with E-state index in [9.17, 15) is 0 Å². The molecule has 0 atom stereocenters. The quantitative estimate of drug-likeness (QED) is 0.310. The van der Waals surface area contributed by atoms with Crippen LogP contribution >= 0.6 is 0 Å². The zero-order valence-corrected chi connectivity index (χ0v) is 9.17.